The van der Waals surface area contributed by atoms with Crippen LogP contribution in [0.15, 0.2) is 36.4 Å². The Morgan fingerprint density at radius 1 is 1.10 bits per heavy atom. The van der Waals surface area contributed by atoms with Gasteiger partial charge >= 0.3 is 0 Å². The number of para-hydroxylation sites is 1. The largest absolute Gasteiger partial charge is 0.314 e. The van der Waals surface area contributed by atoms with E-state index < -0.39 is 0 Å². The SMILES string of the molecule is CC(C)NCC1CCC1Cc1ccc2ccccc2n1. The summed E-state index contributed by atoms with van der Waals surface area (Å²) in [6.07, 6.45) is 3.87. The van der Waals surface area contributed by atoms with E-state index in [-0.39, 0.29) is 0 Å². The Bertz CT molecular complexity index is 576. The number of nitrogens with zero attached hydrogens (tertiary/aromatic N) is 1. The van der Waals surface area contributed by atoms with Gasteiger partial charge in [0.1, 0.15) is 0 Å². The Labute approximate surface area is 121 Å². The molecule has 3 rings (SSSR count). The van der Waals surface area contributed by atoms with Gasteiger partial charge in [0.25, 0.3) is 0 Å². The van der Waals surface area contributed by atoms with Gasteiger partial charge in [-0.2, -0.15) is 0 Å². The number of nitrogens with one attached hydrogen (secondary N) is 1. The summed E-state index contributed by atoms with van der Waals surface area (Å²) in [6.45, 7) is 5.60. The van der Waals surface area contributed by atoms with Crippen LogP contribution in [-0.2, 0) is 6.42 Å². The molecule has 1 aromatic carbocycles. The van der Waals surface area contributed by atoms with Gasteiger partial charge in [0, 0.05) is 17.1 Å². The molecule has 1 aromatic heterocycles. The second-order valence-electron chi connectivity index (χ2n) is 6.36. The van der Waals surface area contributed by atoms with Gasteiger partial charge in [0.05, 0.1) is 5.52 Å². The molecule has 1 fully saturated rings. The highest BCUT2D eigenvalue weighted by atomic mass is 14.9. The zero-order valence-corrected chi connectivity index (χ0v) is 12.5. The first-order chi connectivity index (χ1) is 9.72. The molecule has 0 bridgehead atoms. The van der Waals surface area contributed by atoms with Gasteiger partial charge in [-0.25, -0.2) is 0 Å². The lowest BCUT2D eigenvalue weighted by atomic mass is 9.71. The fourth-order valence-electron chi connectivity index (χ4n) is 3.05. The van der Waals surface area contributed by atoms with Gasteiger partial charge in [0.15, 0.2) is 0 Å². The molecule has 2 atom stereocenters. The van der Waals surface area contributed by atoms with Crippen LogP contribution in [-0.4, -0.2) is 17.6 Å². The van der Waals surface area contributed by atoms with E-state index in [0.29, 0.717) is 6.04 Å². The van der Waals surface area contributed by atoms with Gasteiger partial charge in [-0.05, 0) is 49.8 Å². The van der Waals surface area contributed by atoms with Crippen LogP contribution in [0.2, 0.25) is 0 Å². The van der Waals surface area contributed by atoms with Crippen LogP contribution in [0.4, 0.5) is 0 Å². The second-order valence-corrected chi connectivity index (χ2v) is 6.36. The summed E-state index contributed by atoms with van der Waals surface area (Å²) in [5.74, 6) is 1.65. The van der Waals surface area contributed by atoms with E-state index in [4.69, 9.17) is 4.98 Å². The molecule has 0 aliphatic heterocycles. The van der Waals surface area contributed by atoms with Crippen LogP contribution in [0.25, 0.3) is 10.9 Å². The van der Waals surface area contributed by atoms with Crippen molar-refractivity contribution in [2.24, 2.45) is 11.8 Å². The van der Waals surface area contributed by atoms with Crippen LogP contribution in [0, 0.1) is 11.8 Å². The normalized spacial score (nSPS) is 22.1. The number of aromatic nitrogens is 1. The van der Waals surface area contributed by atoms with E-state index in [1.807, 2.05) is 0 Å². The Hall–Kier alpha value is -1.41. The zero-order chi connectivity index (χ0) is 13.9. The molecule has 1 N–H and O–H groups in total. The van der Waals surface area contributed by atoms with Crippen molar-refractivity contribution in [3.8, 4) is 0 Å². The maximum atomic E-state index is 4.81. The molecule has 106 valence electrons. The zero-order valence-electron chi connectivity index (χ0n) is 12.5. The number of benzene rings is 1. The van der Waals surface area contributed by atoms with Crippen molar-refractivity contribution in [1.82, 2.24) is 10.3 Å². The average molecular weight is 268 g/mol. The maximum absolute atomic E-state index is 4.81. The third kappa shape index (κ3) is 3.01. The van der Waals surface area contributed by atoms with Crippen LogP contribution in [0.3, 0.4) is 0 Å². The lowest BCUT2D eigenvalue weighted by molar-refractivity contribution is 0.167. The van der Waals surface area contributed by atoms with E-state index in [0.717, 1.165) is 30.3 Å². The van der Waals surface area contributed by atoms with Crippen molar-refractivity contribution in [2.45, 2.75) is 39.2 Å². The molecular formula is C18H24N2. The molecule has 2 unspecified atom stereocenters. The van der Waals surface area contributed by atoms with Crippen molar-refractivity contribution in [3.05, 3.63) is 42.1 Å². The number of hydrogen-bond acceptors (Lipinski definition) is 2. The molecule has 0 amide bonds. The number of pyridine rings is 1. The Balaban J connectivity index is 1.64. The van der Waals surface area contributed by atoms with Crippen LogP contribution in [0.1, 0.15) is 32.4 Å². The lowest BCUT2D eigenvalue weighted by Gasteiger charge is -2.37. The van der Waals surface area contributed by atoms with E-state index in [9.17, 15) is 0 Å². The minimum Gasteiger partial charge on any atom is -0.314 e. The minimum absolute atomic E-state index is 0.593. The Kier molecular flexibility index (Phi) is 4.02. The van der Waals surface area contributed by atoms with Crippen LogP contribution >= 0.6 is 0 Å². The predicted molar refractivity (Wildman–Crippen MR) is 84.8 cm³/mol. The average Bonchev–Trinajstić information content (AvgIpc) is 2.43. The van der Waals surface area contributed by atoms with Gasteiger partial charge < -0.3 is 5.32 Å². The van der Waals surface area contributed by atoms with Crippen molar-refractivity contribution < 1.29 is 0 Å². The third-order valence-corrected chi connectivity index (χ3v) is 4.49. The lowest BCUT2D eigenvalue weighted by Crippen LogP contribution is -2.38. The smallest absolute Gasteiger partial charge is 0.0705 e. The van der Waals surface area contributed by atoms with Crippen molar-refractivity contribution >= 4 is 10.9 Å². The van der Waals surface area contributed by atoms with Gasteiger partial charge in [-0.3, -0.25) is 4.98 Å². The summed E-state index contributed by atoms with van der Waals surface area (Å²) in [6, 6.07) is 13.4. The summed E-state index contributed by atoms with van der Waals surface area (Å²) >= 11 is 0. The summed E-state index contributed by atoms with van der Waals surface area (Å²) in [5, 5.41) is 4.81. The molecular weight excluding hydrogens is 244 g/mol. The molecule has 2 aromatic rings. The first kappa shape index (κ1) is 13.6. The number of fused-ring (bicyclic) bond motifs is 1. The van der Waals surface area contributed by atoms with Crippen molar-refractivity contribution in [2.75, 3.05) is 6.54 Å². The van der Waals surface area contributed by atoms with Crippen molar-refractivity contribution in [3.63, 3.8) is 0 Å². The highest BCUT2D eigenvalue weighted by Gasteiger charge is 2.30. The molecule has 1 heterocycles. The first-order valence-corrected chi connectivity index (χ1v) is 7.80. The van der Waals surface area contributed by atoms with Crippen LogP contribution in [0.5, 0.6) is 0 Å². The number of rotatable bonds is 5. The highest BCUT2D eigenvalue weighted by molar-refractivity contribution is 5.78. The minimum atomic E-state index is 0.593. The van der Waals surface area contributed by atoms with Gasteiger partial charge in [-0.15, -0.1) is 0 Å². The topological polar surface area (TPSA) is 24.9 Å². The Morgan fingerprint density at radius 3 is 2.65 bits per heavy atom. The fourth-order valence-corrected chi connectivity index (χ4v) is 3.05. The molecule has 1 aliphatic carbocycles. The molecule has 2 nitrogen and oxygen atoms in total. The summed E-state index contributed by atoms with van der Waals surface area (Å²) in [4.78, 5) is 4.81. The molecule has 20 heavy (non-hydrogen) atoms. The number of hydrogen-bond donors (Lipinski definition) is 1. The standard InChI is InChI=1S/C18H24N2/c1-13(2)19-12-16-8-7-15(16)11-17-10-9-14-5-3-4-6-18(14)20-17/h3-6,9-10,13,15-16,19H,7-8,11-12H2,1-2H3. The molecule has 2 heteroatoms. The molecule has 0 spiro atoms. The van der Waals surface area contributed by atoms with Crippen molar-refractivity contribution in [1.29, 1.82) is 0 Å². The van der Waals surface area contributed by atoms with E-state index in [2.05, 4.69) is 55.6 Å². The first-order valence-electron chi connectivity index (χ1n) is 7.80. The van der Waals surface area contributed by atoms with Gasteiger partial charge in [-0.1, -0.05) is 38.1 Å². The quantitative estimate of drug-likeness (QED) is 0.892. The van der Waals surface area contributed by atoms with E-state index in [1.54, 1.807) is 0 Å². The van der Waals surface area contributed by atoms with E-state index in [1.165, 1.54) is 23.9 Å². The van der Waals surface area contributed by atoms with Gasteiger partial charge in [0.2, 0.25) is 0 Å². The monoisotopic (exact) mass is 268 g/mol. The maximum Gasteiger partial charge on any atom is 0.0705 e. The summed E-state index contributed by atoms with van der Waals surface area (Å²) in [7, 11) is 0. The molecule has 1 saturated carbocycles. The molecule has 1 aliphatic rings. The summed E-state index contributed by atoms with van der Waals surface area (Å²) in [5.41, 5.74) is 2.38. The fraction of sp³-hybridized carbons (Fsp3) is 0.500. The Morgan fingerprint density at radius 2 is 1.90 bits per heavy atom. The molecule has 0 radical (unpaired) electrons. The third-order valence-electron chi connectivity index (χ3n) is 4.49. The predicted octanol–water partition coefficient (Wildman–Crippen LogP) is 3.80. The second kappa shape index (κ2) is 5.92. The summed E-state index contributed by atoms with van der Waals surface area (Å²) < 4.78 is 0. The highest BCUT2D eigenvalue weighted by Crippen LogP contribution is 2.36. The van der Waals surface area contributed by atoms with Crippen LogP contribution < -0.4 is 5.32 Å². The molecule has 0 saturated heterocycles. The van der Waals surface area contributed by atoms with E-state index >= 15 is 0 Å².